The third kappa shape index (κ3) is 5.19. The van der Waals surface area contributed by atoms with E-state index in [9.17, 15) is 22.8 Å². The standard InChI is InChI=1S/C21H16F3N3O2/c1-13(28)14-2-6-16(7-3-14)26-18-10-11-25-19(12-18)20(29)27-17-8-4-15(5-9-17)21(22,23)24/h2-12H,1H3,(H,25,26)(H,27,29). The molecule has 0 aliphatic rings. The summed E-state index contributed by atoms with van der Waals surface area (Å²) >= 11 is 0. The average molecular weight is 399 g/mol. The molecule has 0 bridgehead atoms. The molecule has 0 saturated heterocycles. The normalized spacial score (nSPS) is 11.0. The van der Waals surface area contributed by atoms with E-state index in [-0.39, 0.29) is 17.2 Å². The van der Waals surface area contributed by atoms with Crippen LogP contribution in [-0.2, 0) is 6.18 Å². The lowest BCUT2D eigenvalue weighted by molar-refractivity contribution is -0.137. The number of ketones is 1. The first-order valence-electron chi connectivity index (χ1n) is 8.55. The van der Waals surface area contributed by atoms with Crippen LogP contribution in [0.1, 0.15) is 33.3 Å². The number of benzene rings is 2. The largest absolute Gasteiger partial charge is 0.416 e. The quantitative estimate of drug-likeness (QED) is 0.571. The Morgan fingerprint density at radius 2 is 1.48 bits per heavy atom. The highest BCUT2D eigenvalue weighted by Gasteiger charge is 2.30. The summed E-state index contributed by atoms with van der Waals surface area (Å²) in [5.41, 5.74) is 1.42. The molecule has 8 heteroatoms. The highest BCUT2D eigenvalue weighted by Crippen LogP contribution is 2.30. The third-order valence-electron chi connectivity index (χ3n) is 4.04. The molecule has 0 fully saturated rings. The summed E-state index contributed by atoms with van der Waals surface area (Å²) in [6.45, 7) is 1.48. The van der Waals surface area contributed by atoms with Crippen molar-refractivity contribution in [2.24, 2.45) is 0 Å². The number of carbonyl (C=O) groups excluding carboxylic acids is 2. The maximum absolute atomic E-state index is 12.6. The average Bonchev–Trinajstić information content (AvgIpc) is 2.68. The van der Waals surface area contributed by atoms with Gasteiger partial charge in [0.15, 0.2) is 5.78 Å². The van der Waals surface area contributed by atoms with Gasteiger partial charge < -0.3 is 10.6 Å². The first kappa shape index (κ1) is 20.1. The van der Waals surface area contributed by atoms with Crippen LogP contribution < -0.4 is 10.6 Å². The minimum absolute atomic E-state index is 0.0392. The second kappa shape index (κ2) is 8.14. The summed E-state index contributed by atoms with van der Waals surface area (Å²) in [5, 5.41) is 5.61. The SMILES string of the molecule is CC(=O)c1ccc(Nc2ccnc(C(=O)Nc3ccc(C(F)(F)F)cc3)c2)cc1. The van der Waals surface area contributed by atoms with Gasteiger partial charge in [-0.3, -0.25) is 14.6 Å². The van der Waals surface area contributed by atoms with Crippen LogP contribution in [0.5, 0.6) is 0 Å². The predicted molar refractivity (Wildman–Crippen MR) is 103 cm³/mol. The van der Waals surface area contributed by atoms with Crippen molar-refractivity contribution in [1.82, 2.24) is 4.98 Å². The second-order valence-corrected chi connectivity index (χ2v) is 6.22. The van der Waals surface area contributed by atoms with Crippen molar-refractivity contribution in [1.29, 1.82) is 0 Å². The summed E-state index contributed by atoms with van der Waals surface area (Å²) in [6, 6.07) is 14.2. The van der Waals surface area contributed by atoms with Crippen molar-refractivity contribution in [3.63, 3.8) is 0 Å². The Morgan fingerprint density at radius 1 is 0.862 bits per heavy atom. The zero-order valence-electron chi connectivity index (χ0n) is 15.2. The van der Waals surface area contributed by atoms with Gasteiger partial charge in [-0.15, -0.1) is 0 Å². The molecule has 148 valence electrons. The molecule has 0 aliphatic carbocycles. The molecule has 3 aromatic rings. The number of alkyl halides is 3. The van der Waals surface area contributed by atoms with E-state index >= 15 is 0 Å². The van der Waals surface area contributed by atoms with Gasteiger partial charge in [0.25, 0.3) is 5.91 Å². The van der Waals surface area contributed by atoms with Crippen LogP contribution in [0.2, 0.25) is 0 Å². The number of amides is 1. The topological polar surface area (TPSA) is 71.1 Å². The zero-order chi connectivity index (χ0) is 21.0. The van der Waals surface area contributed by atoms with Gasteiger partial charge in [-0.1, -0.05) is 0 Å². The summed E-state index contributed by atoms with van der Waals surface area (Å²) in [6.07, 6.45) is -3.00. The second-order valence-electron chi connectivity index (χ2n) is 6.22. The Labute approximate surface area is 164 Å². The fourth-order valence-corrected chi connectivity index (χ4v) is 2.53. The summed E-state index contributed by atoms with van der Waals surface area (Å²) in [7, 11) is 0. The number of nitrogens with zero attached hydrogens (tertiary/aromatic N) is 1. The maximum atomic E-state index is 12.6. The predicted octanol–water partition coefficient (Wildman–Crippen LogP) is 5.30. The zero-order valence-corrected chi connectivity index (χ0v) is 15.2. The lowest BCUT2D eigenvalue weighted by Gasteiger charge is -2.10. The number of Topliss-reactive ketones (excluding diaryl/α,β-unsaturated/α-hetero) is 1. The molecule has 2 N–H and O–H groups in total. The van der Waals surface area contributed by atoms with E-state index in [2.05, 4.69) is 15.6 Å². The Kier molecular flexibility index (Phi) is 5.63. The molecule has 1 amide bonds. The molecule has 0 unspecified atom stereocenters. The highest BCUT2D eigenvalue weighted by atomic mass is 19.4. The van der Waals surface area contributed by atoms with Crippen molar-refractivity contribution in [3.05, 3.63) is 83.7 Å². The number of anilines is 3. The Hall–Kier alpha value is -3.68. The minimum atomic E-state index is -4.44. The number of aromatic nitrogens is 1. The molecule has 0 atom stereocenters. The monoisotopic (exact) mass is 399 g/mol. The molecule has 1 aromatic heterocycles. The van der Waals surface area contributed by atoms with Crippen molar-refractivity contribution in [2.45, 2.75) is 13.1 Å². The molecular weight excluding hydrogens is 383 g/mol. The number of hydrogen-bond donors (Lipinski definition) is 2. The van der Waals surface area contributed by atoms with E-state index in [1.54, 1.807) is 30.3 Å². The Bertz CT molecular complexity index is 1030. The van der Waals surface area contributed by atoms with E-state index in [1.165, 1.54) is 31.3 Å². The molecule has 29 heavy (non-hydrogen) atoms. The van der Waals surface area contributed by atoms with Crippen molar-refractivity contribution >= 4 is 28.8 Å². The Morgan fingerprint density at radius 3 is 2.07 bits per heavy atom. The Balaban J connectivity index is 1.70. The van der Waals surface area contributed by atoms with Crippen LogP contribution in [0.4, 0.5) is 30.2 Å². The summed E-state index contributed by atoms with van der Waals surface area (Å²) in [5.74, 6) is -0.594. The molecule has 1 heterocycles. The van der Waals surface area contributed by atoms with Gasteiger partial charge in [0.05, 0.1) is 5.56 Å². The molecule has 0 saturated carbocycles. The minimum Gasteiger partial charge on any atom is -0.355 e. The van der Waals surface area contributed by atoms with E-state index in [1.807, 2.05) is 0 Å². The lowest BCUT2D eigenvalue weighted by Crippen LogP contribution is -2.14. The van der Waals surface area contributed by atoms with E-state index in [0.29, 0.717) is 11.3 Å². The van der Waals surface area contributed by atoms with Gasteiger partial charge in [-0.25, -0.2) is 0 Å². The van der Waals surface area contributed by atoms with Gasteiger partial charge in [-0.2, -0.15) is 13.2 Å². The molecular formula is C21H16F3N3O2. The van der Waals surface area contributed by atoms with Crippen LogP contribution in [0, 0.1) is 0 Å². The van der Waals surface area contributed by atoms with Crippen LogP contribution >= 0.6 is 0 Å². The molecule has 0 radical (unpaired) electrons. The third-order valence-corrected chi connectivity index (χ3v) is 4.04. The van der Waals surface area contributed by atoms with E-state index in [0.717, 1.165) is 17.8 Å². The van der Waals surface area contributed by atoms with Gasteiger partial charge in [0.2, 0.25) is 0 Å². The highest BCUT2D eigenvalue weighted by molar-refractivity contribution is 6.03. The van der Waals surface area contributed by atoms with Crippen LogP contribution in [0.15, 0.2) is 66.9 Å². The number of rotatable bonds is 5. The first-order valence-corrected chi connectivity index (χ1v) is 8.55. The van der Waals surface area contributed by atoms with Crippen molar-refractivity contribution in [3.8, 4) is 0 Å². The van der Waals surface area contributed by atoms with Gasteiger partial charge >= 0.3 is 6.18 Å². The van der Waals surface area contributed by atoms with Crippen molar-refractivity contribution in [2.75, 3.05) is 10.6 Å². The van der Waals surface area contributed by atoms with E-state index in [4.69, 9.17) is 0 Å². The van der Waals surface area contributed by atoms with Crippen LogP contribution in [-0.4, -0.2) is 16.7 Å². The van der Waals surface area contributed by atoms with Gasteiger partial charge in [0, 0.05) is 28.8 Å². The van der Waals surface area contributed by atoms with Gasteiger partial charge in [-0.05, 0) is 67.6 Å². The van der Waals surface area contributed by atoms with Crippen molar-refractivity contribution < 1.29 is 22.8 Å². The maximum Gasteiger partial charge on any atom is 0.416 e. The molecule has 2 aromatic carbocycles. The molecule has 5 nitrogen and oxygen atoms in total. The van der Waals surface area contributed by atoms with Crippen LogP contribution in [0.3, 0.4) is 0 Å². The number of halogens is 3. The fourth-order valence-electron chi connectivity index (χ4n) is 2.53. The summed E-state index contributed by atoms with van der Waals surface area (Å²) in [4.78, 5) is 27.7. The number of carbonyl (C=O) groups is 2. The lowest BCUT2D eigenvalue weighted by atomic mass is 10.1. The number of hydrogen-bond acceptors (Lipinski definition) is 4. The molecule has 0 spiro atoms. The van der Waals surface area contributed by atoms with E-state index < -0.39 is 17.6 Å². The first-order chi connectivity index (χ1) is 13.7. The van der Waals surface area contributed by atoms with Gasteiger partial charge in [0.1, 0.15) is 5.69 Å². The smallest absolute Gasteiger partial charge is 0.355 e. The number of pyridine rings is 1. The molecule has 0 aliphatic heterocycles. The number of nitrogens with one attached hydrogen (secondary N) is 2. The summed E-state index contributed by atoms with van der Waals surface area (Å²) < 4.78 is 37.8. The van der Waals surface area contributed by atoms with Crippen LogP contribution in [0.25, 0.3) is 0 Å². The molecule has 3 rings (SSSR count). The fraction of sp³-hybridized carbons (Fsp3) is 0.0952.